The Morgan fingerprint density at radius 3 is 2.52 bits per heavy atom. The second-order valence-electron chi connectivity index (χ2n) is 5.82. The number of aliphatic hydroxyl groups is 1. The van der Waals surface area contributed by atoms with E-state index in [9.17, 15) is 4.79 Å². The Hall–Kier alpha value is -2.27. The van der Waals surface area contributed by atoms with Crippen LogP contribution < -0.4 is 10.1 Å². The number of aliphatic hydroxyl groups excluding tert-OH is 1. The standard InChI is InChI=1S/C18H24N2O3/c1-12(11-21)10-19-18(22)17-9-13(2)20(14(17)3)15-5-7-16(23-4)8-6-15/h5-9,12,21H,10-11H2,1-4H3,(H,19,22). The number of methoxy groups -OCH3 is 1. The number of amides is 1. The minimum atomic E-state index is -0.113. The molecule has 0 aliphatic rings. The highest BCUT2D eigenvalue weighted by Gasteiger charge is 2.17. The summed E-state index contributed by atoms with van der Waals surface area (Å²) in [6.45, 7) is 6.32. The van der Waals surface area contributed by atoms with Gasteiger partial charge in [-0.1, -0.05) is 6.92 Å². The normalized spacial score (nSPS) is 12.0. The largest absolute Gasteiger partial charge is 0.497 e. The van der Waals surface area contributed by atoms with Crippen molar-refractivity contribution in [3.05, 3.63) is 47.3 Å². The molecule has 5 heteroatoms. The van der Waals surface area contributed by atoms with E-state index in [4.69, 9.17) is 9.84 Å². The Morgan fingerprint density at radius 1 is 1.30 bits per heavy atom. The van der Waals surface area contributed by atoms with Crippen LogP contribution in [0.3, 0.4) is 0 Å². The van der Waals surface area contributed by atoms with E-state index in [1.54, 1.807) is 7.11 Å². The lowest BCUT2D eigenvalue weighted by atomic mass is 10.2. The molecule has 1 unspecified atom stereocenters. The van der Waals surface area contributed by atoms with Crippen LogP contribution in [0.25, 0.3) is 5.69 Å². The predicted octanol–water partition coefficient (Wildman–Crippen LogP) is 2.46. The van der Waals surface area contributed by atoms with E-state index in [1.807, 2.05) is 55.7 Å². The van der Waals surface area contributed by atoms with Crippen LogP contribution in [0, 0.1) is 19.8 Å². The van der Waals surface area contributed by atoms with Crippen molar-refractivity contribution in [2.24, 2.45) is 5.92 Å². The van der Waals surface area contributed by atoms with E-state index in [0.29, 0.717) is 12.1 Å². The summed E-state index contributed by atoms with van der Waals surface area (Å²) in [5.74, 6) is 0.731. The van der Waals surface area contributed by atoms with E-state index in [1.165, 1.54) is 0 Å². The lowest BCUT2D eigenvalue weighted by molar-refractivity contribution is 0.0941. The number of benzene rings is 1. The summed E-state index contributed by atoms with van der Waals surface area (Å²) in [6.07, 6.45) is 0. The van der Waals surface area contributed by atoms with Crippen LogP contribution in [0.15, 0.2) is 30.3 Å². The summed E-state index contributed by atoms with van der Waals surface area (Å²) in [6, 6.07) is 9.62. The first-order chi connectivity index (χ1) is 11.0. The molecule has 1 amide bonds. The lowest BCUT2D eigenvalue weighted by Crippen LogP contribution is -2.29. The number of nitrogens with zero attached hydrogens (tertiary/aromatic N) is 1. The van der Waals surface area contributed by atoms with Gasteiger partial charge in [0, 0.05) is 30.2 Å². The minimum absolute atomic E-state index is 0.0454. The van der Waals surface area contributed by atoms with Crippen molar-refractivity contribution in [2.75, 3.05) is 20.3 Å². The number of hydrogen-bond acceptors (Lipinski definition) is 3. The maximum Gasteiger partial charge on any atom is 0.253 e. The maximum absolute atomic E-state index is 12.4. The van der Waals surface area contributed by atoms with Gasteiger partial charge in [-0.05, 0) is 50.1 Å². The van der Waals surface area contributed by atoms with Crippen molar-refractivity contribution < 1.29 is 14.6 Å². The van der Waals surface area contributed by atoms with E-state index < -0.39 is 0 Å². The zero-order valence-electron chi connectivity index (χ0n) is 14.1. The second-order valence-corrected chi connectivity index (χ2v) is 5.82. The van der Waals surface area contributed by atoms with E-state index >= 15 is 0 Å². The van der Waals surface area contributed by atoms with Crippen molar-refractivity contribution in [1.82, 2.24) is 9.88 Å². The van der Waals surface area contributed by atoms with Crippen LogP contribution in [0.2, 0.25) is 0 Å². The second kappa shape index (κ2) is 7.33. The Bertz CT molecular complexity index is 674. The molecule has 0 aliphatic heterocycles. The first-order valence-corrected chi connectivity index (χ1v) is 7.70. The molecule has 0 saturated heterocycles. The van der Waals surface area contributed by atoms with Gasteiger partial charge in [0.15, 0.2) is 0 Å². The number of nitrogens with one attached hydrogen (secondary N) is 1. The molecule has 23 heavy (non-hydrogen) atoms. The molecule has 0 bridgehead atoms. The van der Waals surface area contributed by atoms with Crippen LogP contribution in [0.1, 0.15) is 28.7 Å². The average Bonchev–Trinajstić information content (AvgIpc) is 2.87. The van der Waals surface area contributed by atoms with Gasteiger partial charge in [0.05, 0.1) is 12.7 Å². The summed E-state index contributed by atoms with van der Waals surface area (Å²) in [5, 5.41) is 11.9. The fourth-order valence-corrected chi connectivity index (χ4v) is 2.55. The van der Waals surface area contributed by atoms with Crippen LogP contribution in [0.4, 0.5) is 0 Å². The molecule has 5 nitrogen and oxygen atoms in total. The summed E-state index contributed by atoms with van der Waals surface area (Å²) in [5.41, 5.74) is 3.53. The molecule has 0 saturated carbocycles. The fourth-order valence-electron chi connectivity index (χ4n) is 2.55. The van der Waals surface area contributed by atoms with E-state index in [0.717, 1.165) is 22.8 Å². The fraction of sp³-hybridized carbons (Fsp3) is 0.389. The molecule has 0 aliphatic carbocycles. The molecule has 2 rings (SSSR count). The quantitative estimate of drug-likeness (QED) is 0.860. The van der Waals surface area contributed by atoms with E-state index in [2.05, 4.69) is 5.32 Å². The highest BCUT2D eigenvalue weighted by molar-refractivity contribution is 5.95. The molecule has 2 aromatic rings. The van der Waals surface area contributed by atoms with Crippen LogP contribution in [-0.2, 0) is 0 Å². The number of aromatic nitrogens is 1. The topological polar surface area (TPSA) is 63.5 Å². The predicted molar refractivity (Wildman–Crippen MR) is 90.4 cm³/mol. The van der Waals surface area contributed by atoms with E-state index in [-0.39, 0.29) is 18.4 Å². The smallest absolute Gasteiger partial charge is 0.253 e. The van der Waals surface area contributed by atoms with Gasteiger partial charge in [-0.15, -0.1) is 0 Å². The first-order valence-electron chi connectivity index (χ1n) is 7.70. The zero-order chi connectivity index (χ0) is 17.0. The van der Waals surface area contributed by atoms with Crippen LogP contribution in [0.5, 0.6) is 5.75 Å². The monoisotopic (exact) mass is 316 g/mol. The van der Waals surface area contributed by atoms with Crippen LogP contribution in [-0.4, -0.2) is 35.8 Å². The van der Waals surface area contributed by atoms with Gasteiger partial charge in [0.25, 0.3) is 5.91 Å². The molecule has 0 spiro atoms. The third kappa shape index (κ3) is 3.74. The van der Waals surface area contributed by atoms with Gasteiger partial charge < -0.3 is 19.7 Å². The number of carbonyl (C=O) groups excluding carboxylic acids is 1. The van der Waals surface area contributed by atoms with Crippen molar-refractivity contribution in [1.29, 1.82) is 0 Å². The molecule has 0 radical (unpaired) electrons. The number of rotatable bonds is 6. The number of hydrogen-bond donors (Lipinski definition) is 2. The SMILES string of the molecule is COc1ccc(-n2c(C)cc(C(=O)NCC(C)CO)c2C)cc1. The van der Waals surface area contributed by atoms with Crippen molar-refractivity contribution in [3.8, 4) is 11.4 Å². The lowest BCUT2D eigenvalue weighted by Gasteiger charge is -2.12. The Kier molecular flexibility index (Phi) is 5.45. The molecule has 1 aromatic heterocycles. The van der Waals surface area contributed by atoms with Crippen molar-refractivity contribution >= 4 is 5.91 Å². The van der Waals surface area contributed by atoms with Gasteiger partial charge in [-0.2, -0.15) is 0 Å². The molecule has 124 valence electrons. The highest BCUT2D eigenvalue weighted by Crippen LogP contribution is 2.22. The third-order valence-electron chi connectivity index (χ3n) is 3.93. The third-order valence-corrected chi connectivity index (χ3v) is 3.93. The molecule has 1 heterocycles. The molecule has 0 fully saturated rings. The van der Waals surface area contributed by atoms with Gasteiger partial charge in [0.2, 0.25) is 0 Å². The first kappa shape index (κ1) is 17.1. The zero-order valence-corrected chi connectivity index (χ0v) is 14.1. The Labute approximate surface area is 136 Å². The summed E-state index contributed by atoms with van der Waals surface area (Å²) in [7, 11) is 1.64. The van der Waals surface area contributed by atoms with Crippen LogP contribution >= 0.6 is 0 Å². The Balaban J connectivity index is 2.26. The van der Waals surface area contributed by atoms with Gasteiger partial charge in [0.1, 0.15) is 5.75 Å². The summed E-state index contributed by atoms with van der Waals surface area (Å²) in [4.78, 5) is 12.4. The number of ether oxygens (including phenoxy) is 1. The van der Waals surface area contributed by atoms with Gasteiger partial charge >= 0.3 is 0 Å². The average molecular weight is 316 g/mol. The molecule has 1 aromatic carbocycles. The van der Waals surface area contributed by atoms with Crippen molar-refractivity contribution in [3.63, 3.8) is 0 Å². The maximum atomic E-state index is 12.4. The van der Waals surface area contributed by atoms with Gasteiger partial charge in [-0.3, -0.25) is 4.79 Å². The van der Waals surface area contributed by atoms with Gasteiger partial charge in [-0.25, -0.2) is 0 Å². The molecule has 2 N–H and O–H groups in total. The number of aryl methyl sites for hydroxylation is 1. The highest BCUT2D eigenvalue weighted by atomic mass is 16.5. The number of carbonyl (C=O) groups is 1. The summed E-state index contributed by atoms with van der Waals surface area (Å²) >= 11 is 0. The minimum Gasteiger partial charge on any atom is -0.497 e. The molecular weight excluding hydrogens is 292 g/mol. The summed E-state index contributed by atoms with van der Waals surface area (Å²) < 4.78 is 7.23. The van der Waals surface area contributed by atoms with Crippen molar-refractivity contribution in [2.45, 2.75) is 20.8 Å². The Morgan fingerprint density at radius 2 is 1.96 bits per heavy atom. The molecule has 1 atom stereocenters. The molecular formula is C18H24N2O3.